The third kappa shape index (κ3) is 6.42. The highest BCUT2D eigenvalue weighted by Crippen LogP contribution is 2.32. The molecule has 0 aliphatic carbocycles. The largest absolute Gasteiger partial charge is 0.463 e. The van der Waals surface area contributed by atoms with Gasteiger partial charge >= 0.3 is 5.97 Å². The van der Waals surface area contributed by atoms with E-state index in [1.807, 2.05) is 6.92 Å². The van der Waals surface area contributed by atoms with Crippen LogP contribution in [0.25, 0.3) is 22.9 Å². The molecule has 3 aromatic heterocycles. The number of carbonyl (C=O) groups excluding carboxylic acids is 1. The number of aromatic nitrogens is 5. The average Bonchev–Trinajstić information content (AvgIpc) is 3.69. The Hall–Kier alpha value is -4.23. The van der Waals surface area contributed by atoms with Gasteiger partial charge in [0.05, 0.1) is 31.6 Å². The summed E-state index contributed by atoms with van der Waals surface area (Å²) in [7, 11) is 0. The molecular weight excluding hydrogens is 560 g/mol. The number of ether oxygens (including phenoxy) is 2. The second kappa shape index (κ2) is 13.0. The number of piperidine rings is 1. The summed E-state index contributed by atoms with van der Waals surface area (Å²) in [6.45, 7) is 6.31. The van der Waals surface area contributed by atoms with Gasteiger partial charge in [-0.1, -0.05) is 30.3 Å². The molecule has 0 saturated carbocycles. The van der Waals surface area contributed by atoms with Gasteiger partial charge < -0.3 is 18.9 Å². The number of halogens is 2. The molecule has 5 heterocycles. The normalized spacial score (nSPS) is 19.5. The van der Waals surface area contributed by atoms with Crippen LogP contribution in [0.1, 0.15) is 25.3 Å². The molecule has 2 aliphatic rings. The summed E-state index contributed by atoms with van der Waals surface area (Å²) in [4.78, 5) is 26.0. The summed E-state index contributed by atoms with van der Waals surface area (Å²) in [5, 5.41) is 8.66. The van der Waals surface area contributed by atoms with Crippen LogP contribution in [0.2, 0.25) is 0 Å². The molecule has 2 atom stereocenters. The Kier molecular flexibility index (Phi) is 8.70. The number of benzene rings is 1. The molecule has 1 aromatic carbocycles. The molecule has 13 heteroatoms. The van der Waals surface area contributed by atoms with Crippen molar-refractivity contribution in [2.75, 3.05) is 50.9 Å². The summed E-state index contributed by atoms with van der Waals surface area (Å²) in [5.41, 5.74) is 1.81. The zero-order valence-corrected chi connectivity index (χ0v) is 23.9. The van der Waals surface area contributed by atoms with Gasteiger partial charge in [-0.15, -0.1) is 0 Å². The highest BCUT2D eigenvalue weighted by atomic mass is 19.1. The second-order valence-corrected chi connectivity index (χ2v) is 10.8. The van der Waals surface area contributed by atoms with Crippen molar-refractivity contribution >= 4 is 11.8 Å². The molecular formula is C30H33F2N7O4. The molecule has 6 rings (SSSR count). The van der Waals surface area contributed by atoms with E-state index in [4.69, 9.17) is 14.0 Å². The predicted molar refractivity (Wildman–Crippen MR) is 152 cm³/mol. The number of carbonyl (C=O) groups is 1. The van der Waals surface area contributed by atoms with Crippen molar-refractivity contribution in [3.63, 3.8) is 0 Å². The van der Waals surface area contributed by atoms with E-state index in [0.717, 1.165) is 32.1 Å². The first-order valence-electron chi connectivity index (χ1n) is 14.5. The SMILES string of the molecule is CC1CCCN(c2nc(-c3cc(-c4ccon4)n(Cc4ccccc4F)n3)ncc2F)C1C(=O)OCCN1CCOCC1. The fourth-order valence-electron chi connectivity index (χ4n) is 5.64. The molecule has 2 unspecified atom stereocenters. The molecule has 2 fully saturated rings. The van der Waals surface area contributed by atoms with Crippen LogP contribution in [0.5, 0.6) is 0 Å². The van der Waals surface area contributed by atoms with E-state index >= 15 is 4.39 Å². The molecule has 43 heavy (non-hydrogen) atoms. The smallest absolute Gasteiger partial charge is 0.329 e. The maximum absolute atomic E-state index is 15.3. The lowest BCUT2D eigenvalue weighted by atomic mass is 9.90. The summed E-state index contributed by atoms with van der Waals surface area (Å²) >= 11 is 0. The molecule has 0 N–H and O–H groups in total. The van der Waals surface area contributed by atoms with Crippen molar-refractivity contribution in [1.29, 1.82) is 0 Å². The van der Waals surface area contributed by atoms with Gasteiger partial charge in [-0.25, -0.2) is 23.5 Å². The Morgan fingerprint density at radius 3 is 2.72 bits per heavy atom. The molecule has 0 radical (unpaired) electrons. The molecule has 0 amide bonds. The number of rotatable bonds is 9. The van der Waals surface area contributed by atoms with E-state index in [1.54, 1.807) is 39.9 Å². The fourth-order valence-corrected chi connectivity index (χ4v) is 5.64. The maximum Gasteiger partial charge on any atom is 0.329 e. The maximum atomic E-state index is 15.3. The van der Waals surface area contributed by atoms with E-state index < -0.39 is 17.8 Å². The van der Waals surface area contributed by atoms with Crippen molar-refractivity contribution in [3.05, 3.63) is 66.1 Å². The first kappa shape index (κ1) is 28.9. The van der Waals surface area contributed by atoms with Crippen LogP contribution in [0, 0.1) is 17.6 Å². The highest BCUT2D eigenvalue weighted by molar-refractivity contribution is 5.80. The summed E-state index contributed by atoms with van der Waals surface area (Å²) in [6.07, 6.45) is 4.09. The summed E-state index contributed by atoms with van der Waals surface area (Å²) in [5.74, 6) is -1.31. The van der Waals surface area contributed by atoms with Crippen LogP contribution in [-0.4, -0.2) is 87.8 Å². The van der Waals surface area contributed by atoms with Crippen molar-refractivity contribution in [3.8, 4) is 22.9 Å². The number of hydrogen-bond acceptors (Lipinski definition) is 10. The first-order chi connectivity index (χ1) is 21.0. The Bertz CT molecular complexity index is 1540. The van der Waals surface area contributed by atoms with Crippen molar-refractivity contribution < 1.29 is 27.6 Å². The molecule has 4 aromatic rings. The highest BCUT2D eigenvalue weighted by Gasteiger charge is 2.38. The monoisotopic (exact) mass is 593 g/mol. The second-order valence-electron chi connectivity index (χ2n) is 10.8. The number of nitrogens with zero attached hydrogens (tertiary/aromatic N) is 7. The van der Waals surface area contributed by atoms with E-state index in [9.17, 15) is 9.18 Å². The quantitative estimate of drug-likeness (QED) is 0.266. The van der Waals surface area contributed by atoms with Gasteiger partial charge in [0.15, 0.2) is 17.5 Å². The zero-order valence-electron chi connectivity index (χ0n) is 23.9. The molecule has 0 spiro atoms. The minimum absolute atomic E-state index is 0.0123. The van der Waals surface area contributed by atoms with Gasteiger partial charge in [-0.2, -0.15) is 5.10 Å². The first-order valence-corrected chi connectivity index (χ1v) is 14.5. The van der Waals surface area contributed by atoms with Crippen LogP contribution in [0.4, 0.5) is 14.6 Å². The van der Waals surface area contributed by atoms with Crippen molar-refractivity contribution in [1.82, 2.24) is 29.8 Å². The van der Waals surface area contributed by atoms with Gasteiger partial charge in [-0.3, -0.25) is 9.58 Å². The summed E-state index contributed by atoms with van der Waals surface area (Å²) in [6, 6.07) is 9.10. The molecule has 2 aliphatic heterocycles. The van der Waals surface area contributed by atoms with E-state index in [0.29, 0.717) is 48.9 Å². The number of esters is 1. The minimum atomic E-state index is -0.694. The Morgan fingerprint density at radius 2 is 1.93 bits per heavy atom. The van der Waals surface area contributed by atoms with Gasteiger partial charge in [-0.05, 0) is 30.9 Å². The standard InChI is InChI=1S/C30H33F2N7O4/c1-20-5-4-9-38(27(20)30(40)42-16-12-37-10-14-41-15-11-37)29-23(32)18-33-28(34-29)25-17-26(24-8-13-43-36-24)39(35-25)19-21-6-2-3-7-22(21)31/h2-3,6-8,13,17-18,20,27H,4-5,9-12,14-16,19H2,1H3. The van der Waals surface area contributed by atoms with Crippen molar-refractivity contribution in [2.45, 2.75) is 32.4 Å². The number of anilines is 1. The third-order valence-corrected chi connectivity index (χ3v) is 7.92. The molecule has 2 saturated heterocycles. The van der Waals surface area contributed by atoms with E-state index in [2.05, 4.69) is 25.1 Å². The Morgan fingerprint density at radius 1 is 1.09 bits per heavy atom. The lowest BCUT2D eigenvalue weighted by Gasteiger charge is -2.39. The Labute approximate surface area is 247 Å². The molecule has 226 valence electrons. The van der Waals surface area contributed by atoms with E-state index in [-0.39, 0.29) is 36.5 Å². The molecule has 11 nitrogen and oxygen atoms in total. The lowest BCUT2D eigenvalue weighted by Crippen LogP contribution is -2.51. The lowest BCUT2D eigenvalue weighted by molar-refractivity contribution is -0.147. The van der Waals surface area contributed by atoms with Crippen LogP contribution >= 0.6 is 0 Å². The zero-order chi connectivity index (χ0) is 29.8. The minimum Gasteiger partial charge on any atom is -0.463 e. The number of morpholine rings is 1. The van der Waals surface area contributed by atoms with Crippen LogP contribution in [0.3, 0.4) is 0 Å². The molecule has 0 bridgehead atoms. The van der Waals surface area contributed by atoms with Gasteiger partial charge in [0.2, 0.25) is 0 Å². The fraction of sp³-hybridized carbons (Fsp3) is 0.433. The van der Waals surface area contributed by atoms with Gasteiger partial charge in [0.25, 0.3) is 0 Å². The van der Waals surface area contributed by atoms with Crippen LogP contribution in [0.15, 0.2) is 53.4 Å². The topological polar surface area (TPSA) is 112 Å². The third-order valence-electron chi connectivity index (χ3n) is 7.92. The summed E-state index contributed by atoms with van der Waals surface area (Å²) < 4.78 is 47.5. The Balaban J connectivity index is 1.27. The van der Waals surface area contributed by atoms with E-state index in [1.165, 1.54) is 12.3 Å². The van der Waals surface area contributed by atoms with Gasteiger partial charge in [0.1, 0.15) is 36.1 Å². The van der Waals surface area contributed by atoms with Crippen LogP contribution in [-0.2, 0) is 20.8 Å². The average molecular weight is 594 g/mol. The number of hydrogen-bond donors (Lipinski definition) is 0. The van der Waals surface area contributed by atoms with Gasteiger partial charge in [0, 0.05) is 37.8 Å². The van der Waals surface area contributed by atoms with Crippen LogP contribution < -0.4 is 4.90 Å². The predicted octanol–water partition coefficient (Wildman–Crippen LogP) is 3.80. The van der Waals surface area contributed by atoms with Crippen molar-refractivity contribution in [2.24, 2.45) is 5.92 Å².